The molecule has 2 aromatic heterocycles. The summed E-state index contributed by atoms with van der Waals surface area (Å²) in [6, 6.07) is 16.3. The summed E-state index contributed by atoms with van der Waals surface area (Å²) < 4.78 is 5.29. The zero-order valence-corrected chi connectivity index (χ0v) is 16.3. The van der Waals surface area contributed by atoms with Gasteiger partial charge in [-0.15, -0.1) is 10.2 Å². The molecule has 7 heteroatoms. The Morgan fingerprint density at radius 3 is 2.86 bits per heavy atom. The number of carbonyl (C=O) groups is 1. The molecule has 0 aliphatic rings. The summed E-state index contributed by atoms with van der Waals surface area (Å²) in [6.45, 7) is 2.45. The van der Waals surface area contributed by atoms with Gasteiger partial charge in [0.25, 0.3) is 0 Å². The van der Waals surface area contributed by atoms with E-state index in [0.29, 0.717) is 17.4 Å². The van der Waals surface area contributed by atoms with E-state index in [1.54, 1.807) is 0 Å². The molecule has 0 atom stereocenters. The lowest BCUT2D eigenvalue weighted by Gasteiger charge is -2.04. The maximum Gasteiger partial charge on any atom is 0.316 e. The molecular formula is C21H20N4O2S. The fraction of sp³-hybridized carbons (Fsp3) is 0.238. The van der Waals surface area contributed by atoms with Crippen molar-refractivity contribution in [1.29, 1.82) is 0 Å². The lowest BCUT2D eigenvalue weighted by Crippen LogP contribution is -2.09. The van der Waals surface area contributed by atoms with Gasteiger partial charge in [0.1, 0.15) is 5.52 Å². The molecule has 142 valence electrons. The van der Waals surface area contributed by atoms with E-state index < -0.39 is 0 Å². The Kier molecular flexibility index (Phi) is 5.53. The number of thioether (sulfide) groups is 1. The van der Waals surface area contributed by atoms with Crippen LogP contribution in [0, 0.1) is 6.92 Å². The number of aromatic nitrogens is 4. The Bertz CT molecular complexity index is 1110. The van der Waals surface area contributed by atoms with E-state index in [4.69, 9.17) is 4.74 Å². The van der Waals surface area contributed by atoms with Gasteiger partial charge in [0.05, 0.1) is 12.4 Å². The first-order chi connectivity index (χ1) is 13.7. The van der Waals surface area contributed by atoms with Gasteiger partial charge in [-0.1, -0.05) is 53.7 Å². The molecule has 2 aromatic carbocycles. The number of fused-ring (bicyclic) bond motifs is 3. The molecule has 0 amide bonds. The number of esters is 1. The van der Waals surface area contributed by atoms with Crippen LogP contribution in [0.1, 0.15) is 17.5 Å². The number of ether oxygens (including phenoxy) is 1. The van der Waals surface area contributed by atoms with Crippen LogP contribution in [0.15, 0.2) is 53.7 Å². The summed E-state index contributed by atoms with van der Waals surface area (Å²) in [5, 5.41) is 9.88. The summed E-state index contributed by atoms with van der Waals surface area (Å²) in [4.78, 5) is 19.7. The van der Waals surface area contributed by atoms with Gasteiger partial charge < -0.3 is 9.72 Å². The van der Waals surface area contributed by atoms with Crippen molar-refractivity contribution in [2.75, 3.05) is 12.4 Å². The van der Waals surface area contributed by atoms with Crippen LogP contribution in [-0.4, -0.2) is 38.5 Å². The Morgan fingerprint density at radius 2 is 2.00 bits per heavy atom. The number of rotatable bonds is 7. The quantitative estimate of drug-likeness (QED) is 0.290. The van der Waals surface area contributed by atoms with Crippen molar-refractivity contribution < 1.29 is 9.53 Å². The first-order valence-corrected chi connectivity index (χ1v) is 10.1. The van der Waals surface area contributed by atoms with Crippen LogP contribution in [-0.2, 0) is 16.0 Å². The number of hydrogen-bond donors (Lipinski definition) is 1. The highest BCUT2D eigenvalue weighted by Crippen LogP contribution is 2.24. The Labute approximate surface area is 166 Å². The third kappa shape index (κ3) is 4.31. The average Bonchev–Trinajstić information content (AvgIpc) is 3.07. The zero-order valence-electron chi connectivity index (χ0n) is 15.5. The van der Waals surface area contributed by atoms with Crippen molar-refractivity contribution in [3.63, 3.8) is 0 Å². The second-order valence-corrected chi connectivity index (χ2v) is 7.51. The minimum atomic E-state index is -0.269. The number of carbonyl (C=O) groups excluding carboxylic acids is 1. The topological polar surface area (TPSA) is 80.8 Å². The smallest absolute Gasteiger partial charge is 0.316 e. The molecule has 0 aliphatic heterocycles. The van der Waals surface area contributed by atoms with E-state index in [2.05, 4.69) is 38.4 Å². The van der Waals surface area contributed by atoms with E-state index >= 15 is 0 Å². The Balaban J connectivity index is 1.30. The van der Waals surface area contributed by atoms with Crippen molar-refractivity contribution in [3.8, 4) is 0 Å². The molecule has 2 heterocycles. The lowest BCUT2D eigenvalue weighted by atomic mass is 10.1. The third-order valence-electron chi connectivity index (χ3n) is 4.39. The van der Waals surface area contributed by atoms with E-state index in [9.17, 15) is 4.79 Å². The number of benzene rings is 2. The number of hydrogen-bond acceptors (Lipinski definition) is 6. The second kappa shape index (κ2) is 8.39. The fourth-order valence-corrected chi connectivity index (χ4v) is 3.59. The lowest BCUT2D eigenvalue weighted by molar-refractivity contribution is -0.140. The van der Waals surface area contributed by atoms with Gasteiger partial charge >= 0.3 is 5.97 Å². The van der Waals surface area contributed by atoms with E-state index in [-0.39, 0.29) is 11.7 Å². The van der Waals surface area contributed by atoms with Gasteiger partial charge in [-0.3, -0.25) is 4.79 Å². The minimum Gasteiger partial charge on any atom is -0.465 e. The highest BCUT2D eigenvalue weighted by Gasteiger charge is 2.11. The van der Waals surface area contributed by atoms with E-state index in [0.717, 1.165) is 34.8 Å². The normalized spacial score (nSPS) is 11.2. The second-order valence-electron chi connectivity index (χ2n) is 6.56. The molecule has 0 saturated heterocycles. The third-order valence-corrected chi connectivity index (χ3v) is 5.20. The predicted octanol–water partition coefficient (Wildman–Crippen LogP) is 4.08. The van der Waals surface area contributed by atoms with Crippen LogP contribution in [0.25, 0.3) is 22.1 Å². The molecule has 0 radical (unpaired) electrons. The predicted molar refractivity (Wildman–Crippen MR) is 110 cm³/mol. The van der Waals surface area contributed by atoms with Crippen molar-refractivity contribution >= 4 is 39.8 Å². The fourth-order valence-electron chi connectivity index (χ4n) is 3.00. The maximum absolute atomic E-state index is 11.9. The maximum atomic E-state index is 11.9. The van der Waals surface area contributed by atoms with Crippen LogP contribution in [0.4, 0.5) is 0 Å². The van der Waals surface area contributed by atoms with Crippen molar-refractivity contribution in [2.24, 2.45) is 0 Å². The van der Waals surface area contributed by atoms with Crippen LogP contribution in [0.2, 0.25) is 0 Å². The Hall–Kier alpha value is -2.93. The molecule has 1 N–H and O–H groups in total. The SMILES string of the molecule is Cc1ccc2[nH]c3nc(SCC(=O)OCCCc4ccccc4)nnc3c2c1. The van der Waals surface area contributed by atoms with Crippen LogP contribution >= 0.6 is 11.8 Å². The Morgan fingerprint density at radius 1 is 1.14 bits per heavy atom. The summed E-state index contributed by atoms with van der Waals surface area (Å²) in [7, 11) is 0. The molecule has 0 unspecified atom stereocenters. The van der Waals surface area contributed by atoms with Crippen molar-refractivity contribution in [3.05, 3.63) is 59.7 Å². The van der Waals surface area contributed by atoms with Gasteiger partial charge in [-0.25, -0.2) is 4.98 Å². The average molecular weight is 392 g/mol. The van der Waals surface area contributed by atoms with Gasteiger partial charge in [-0.05, 0) is 37.5 Å². The van der Waals surface area contributed by atoms with Crippen LogP contribution < -0.4 is 0 Å². The molecule has 28 heavy (non-hydrogen) atoms. The molecule has 0 aliphatic carbocycles. The number of nitrogens with one attached hydrogen (secondary N) is 1. The van der Waals surface area contributed by atoms with E-state index in [1.165, 1.54) is 17.3 Å². The molecule has 4 rings (SSSR count). The number of aromatic amines is 1. The van der Waals surface area contributed by atoms with Crippen molar-refractivity contribution in [2.45, 2.75) is 24.9 Å². The number of nitrogens with zero attached hydrogens (tertiary/aromatic N) is 3. The number of H-pyrrole nitrogens is 1. The van der Waals surface area contributed by atoms with Gasteiger partial charge in [0.2, 0.25) is 5.16 Å². The summed E-state index contributed by atoms with van der Waals surface area (Å²) in [5.41, 5.74) is 4.79. The van der Waals surface area contributed by atoms with Crippen LogP contribution in [0.3, 0.4) is 0 Å². The monoisotopic (exact) mass is 392 g/mol. The highest BCUT2D eigenvalue weighted by molar-refractivity contribution is 7.99. The highest BCUT2D eigenvalue weighted by atomic mass is 32.2. The molecule has 4 aromatic rings. The molecule has 6 nitrogen and oxygen atoms in total. The standard InChI is InChI=1S/C21H20N4O2S/c1-14-9-10-17-16(12-14)19-20(22-17)23-21(25-24-19)28-13-18(26)27-11-5-8-15-6-3-2-4-7-15/h2-4,6-7,9-10,12H,5,8,11,13H2,1H3,(H,22,23,25). The minimum absolute atomic E-state index is 0.165. The van der Waals surface area contributed by atoms with Crippen molar-refractivity contribution in [1.82, 2.24) is 20.2 Å². The van der Waals surface area contributed by atoms with E-state index in [1.807, 2.05) is 37.3 Å². The number of aryl methyl sites for hydroxylation is 2. The molecule has 0 saturated carbocycles. The van der Waals surface area contributed by atoms with Gasteiger partial charge in [0.15, 0.2) is 5.65 Å². The van der Waals surface area contributed by atoms with Crippen LogP contribution in [0.5, 0.6) is 0 Å². The van der Waals surface area contributed by atoms with Gasteiger partial charge in [-0.2, -0.15) is 0 Å². The molecule has 0 bridgehead atoms. The first-order valence-electron chi connectivity index (χ1n) is 9.14. The first kappa shape index (κ1) is 18.4. The summed E-state index contributed by atoms with van der Waals surface area (Å²) in [5.74, 6) is -0.105. The van der Waals surface area contributed by atoms with Gasteiger partial charge in [0, 0.05) is 10.9 Å². The largest absolute Gasteiger partial charge is 0.465 e. The molecular weight excluding hydrogens is 372 g/mol. The molecule has 0 fully saturated rings. The summed E-state index contributed by atoms with van der Waals surface area (Å²) >= 11 is 1.23. The summed E-state index contributed by atoms with van der Waals surface area (Å²) in [6.07, 6.45) is 1.70. The molecule has 0 spiro atoms. The zero-order chi connectivity index (χ0) is 19.3.